The normalized spacial score (nSPS) is 18.5. The second-order valence-electron chi connectivity index (χ2n) is 7.40. The second-order valence-corrected chi connectivity index (χ2v) is 7.40. The van der Waals surface area contributed by atoms with Crippen molar-refractivity contribution in [3.05, 3.63) is 54.0 Å². The first-order valence-corrected chi connectivity index (χ1v) is 9.38. The summed E-state index contributed by atoms with van der Waals surface area (Å²) in [5.41, 5.74) is 3.37. The molecule has 2 rings (SSSR count). The number of aliphatic hydroxyl groups excluding tert-OH is 1. The molecule has 1 aromatic carbocycles. The Hall–Kier alpha value is -2.02. The lowest BCUT2D eigenvalue weighted by atomic mass is 9.79. The number of hydrogen-bond acceptors (Lipinski definition) is 4. The molecule has 146 valence electrons. The van der Waals surface area contributed by atoms with Crippen LogP contribution in [0.3, 0.4) is 0 Å². The Morgan fingerprint density at radius 1 is 1.22 bits per heavy atom. The van der Waals surface area contributed by atoms with Crippen LogP contribution >= 0.6 is 0 Å². The minimum atomic E-state index is -0.844. The molecule has 4 nitrogen and oxygen atoms in total. The van der Waals surface area contributed by atoms with Crippen LogP contribution in [0.1, 0.15) is 45.6 Å². The predicted molar refractivity (Wildman–Crippen MR) is 106 cm³/mol. The minimum Gasteiger partial charge on any atom is -0.482 e. The highest BCUT2D eigenvalue weighted by atomic mass is 16.7. The minimum absolute atomic E-state index is 0.339. The Morgan fingerprint density at radius 3 is 2.48 bits per heavy atom. The van der Waals surface area contributed by atoms with Crippen molar-refractivity contribution in [3.8, 4) is 11.8 Å². The fraction of sp³-hybridized carbons (Fsp3) is 0.522. The van der Waals surface area contributed by atoms with E-state index < -0.39 is 17.3 Å². The maximum Gasteiger partial charge on any atom is 0.167 e. The smallest absolute Gasteiger partial charge is 0.167 e. The summed E-state index contributed by atoms with van der Waals surface area (Å²) in [5, 5.41) is 10.8. The third kappa shape index (κ3) is 6.57. The molecular formula is C23H30O4. The van der Waals surface area contributed by atoms with Gasteiger partial charge in [-0.1, -0.05) is 49.6 Å². The molecule has 1 aromatic rings. The van der Waals surface area contributed by atoms with Crippen LogP contribution in [0, 0.1) is 17.3 Å². The van der Waals surface area contributed by atoms with E-state index in [1.165, 1.54) is 0 Å². The highest BCUT2D eigenvalue weighted by molar-refractivity contribution is 5.14. The summed E-state index contributed by atoms with van der Waals surface area (Å²) in [4.78, 5) is 0. The molecule has 1 atom stereocenters. The molecule has 1 saturated heterocycles. The lowest BCUT2D eigenvalue weighted by molar-refractivity contribution is -0.288. The van der Waals surface area contributed by atoms with Crippen LogP contribution in [0.25, 0.3) is 0 Å². The van der Waals surface area contributed by atoms with Crippen molar-refractivity contribution in [3.63, 3.8) is 0 Å². The van der Waals surface area contributed by atoms with Crippen molar-refractivity contribution in [2.45, 2.75) is 58.5 Å². The molecule has 0 radical (unpaired) electrons. The highest BCUT2D eigenvalue weighted by Crippen LogP contribution is 2.37. The van der Waals surface area contributed by atoms with E-state index in [0.717, 1.165) is 12.0 Å². The van der Waals surface area contributed by atoms with E-state index in [1.807, 2.05) is 51.1 Å². The Morgan fingerprint density at radius 2 is 1.89 bits per heavy atom. The third-order valence-corrected chi connectivity index (χ3v) is 4.56. The molecule has 0 amide bonds. The third-order valence-electron chi connectivity index (χ3n) is 4.56. The molecule has 0 aromatic heterocycles. The van der Waals surface area contributed by atoms with E-state index in [2.05, 4.69) is 24.2 Å². The van der Waals surface area contributed by atoms with Crippen LogP contribution in [0.2, 0.25) is 0 Å². The van der Waals surface area contributed by atoms with Crippen molar-refractivity contribution in [2.24, 2.45) is 5.41 Å². The van der Waals surface area contributed by atoms with Gasteiger partial charge in [0, 0.05) is 18.3 Å². The number of hydrogen-bond donors (Lipinski definition) is 1. The van der Waals surface area contributed by atoms with Gasteiger partial charge in [0.1, 0.15) is 12.7 Å². The van der Waals surface area contributed by atoms with Gasteiger partial charge in [-0.3, -0.25) is 0 Å². The summed E-state index contributed by atoms with van der Waals surface area (Å²) < 4.78 is 17.5. The average molecular weight is 370 g/mol. The molecule has 1 heterocycles. The van der Waals surface area contributed by atoms with Crippen LogP contribution in [0.15, 0.2) is 48.4 Å². The van der Waals surface area contributed by atoms with Gasteiger partial charge in [0.25, 0.3) is 0 Å². The summed E-state index contributed by atoms with van der Waals surface area (Å²) in [6, 6.07) is 9.80. The molecule has 1 unspecified atom stereocenters. The first kappa shape index (κ1) is 21.3. The lowest BCUT2D eigenvalue weighted by Crippen LogP contribution is -2.48. The van der Waals surface area contributed by atoms with Crippen molar-refractivity contribution >= 4 is 0 Å². The van der Waals surface area contributed by atoms with Gasteiger partial charge in [-0.25, -0.2) is 0 Å². The SMILES string of the molecule is C=C=C(OCc1ccccc1)C(O)CC1(CC#CCC)COC(C)(C)OC1. The molecule has 1 aliphatic heterocycles. The maximum absolute atomic E-state index is 10.8. The summed E-state index contributed by atoms with van der Waals surface area (Å²) in [5.74, 6) is 6.00. The summed E-state index contributed by atoms with van der Waals surface area (Å²) in [7, 11) is 0. The Labute approximate surface area is 162 Å². The van der Waals surface area contributed by atoms with Crippen molar-refractivity contribution in [2.75, 3.05) is 13.2 Å². The predicted octanol–water partition coefficient (Wildman–Crippen LogP) is 4.20. The Bertz CT molecular complexity index is 695. The van der Waals surface area contributed by atoms with Crippen molar-refractivity contribution in [1.29, 1.82) is 0 Å². The molecule has 1 aliphatic rings. The molecule has 0 spiro atoms. The average Bonchev–Trinajstić information content (AvgIpc) is 2.66. The fourth-order valence-corrected chi connectivity index (χ4v) is 2.91. The second kappa shape index (κ2) is 9.78. The number of rotatable bonds is 7. The maximum atomic E-state index is 10.8. The van der Waals surface area contributed by atoms with Gasteiger partial charge in [0.15, 0.2) is 11.5 Å². The quantitative estimate of drug-likeness (QED) is 0.444. The zero-order chi connectivity index (χ0) is 19.8. The van der Waals surface area contributed by atoms with Crippen molar-refractivity contribution < 1.29 is 19.3 Å². The monoisotopic (exact) mass is 370 g/mol. The van der Waals surface area contributed by atoms with Gasteiger partial charge in [0.2, 0.25) is 0 Å². The standard InChI is InChI=1S/C23H30O4/c1-5-7-11-14-23(17-26-22(3,4)27-18-23)15-20(24)21(6-2)25-16-19-12-9-8-10-13-19/h8-10,12-13,20,24H,2,5,14-18H2,1,3-4H3. The van der Waals surface area contributed by atoms with E-state index >= 15 is 0 Å². The lowest BCUT2D eigenvalue weighted by Gasteiger charge is -2.43. The van der Waals surface area contributed by atoms with Crippen LogP contribution in [0.5, 0.6) is 0 Å². The molecule has 4 heteroatoms. The van der Waals surface area contributed by atoms with Gasteiger partial charge < -0.3 is 19.3 Å². The summed E-state index contributed by atoms with van der Waals surface area (Å²) in [6.07, 6.45) is 0.956. The van der Waals surface area contributed by atoms with Gasteiger partial charge in [-0.2, -0.15) is 0 Å². The van der Waals surface area contributed by atoms with E-state index in [0.29, 0.717) is 38.4 Å². The molecule has 0 saturated carbocycles. The van der Waals surface area contributed by atoms with Gasteiger partial charge >= 0.3 is 0 Å². The Kier molecular flexibility index (Phi) is 7.71. The largest absolute Gasteiger partial charge is 0.482 e. The molecule has 1 N–H and O–H groups in total. The van der Waals surface area contributed by atoms with Crippen molar-refractivity contribution in [1.82, 2.24) is 0 Å². The summed E-state index contributed by atoms with van der Waals surface area (Å²) >= 11 is 0. The van der Waals surface area contributed by atoms with Crippen LogP contribution in [-0.2, 0) is 20.8 Å². The molecule has 1 fully saturated rings. The summed E-state index contributed by atoms with van der Waals surface area (Å²) in [6.45, 7) is 10.8. The van der Waals surface area contributed by atoms with Crippen LogP contribution < -0.4 is 0 Å². The molecule has 0 aliphatic carbocycles. The molecule has 27 heavy (non-hydrogen) atoms. The van der Waals surface area contributed by atoms with Crippen LogP contribution in [0.4, 0.5) is 0 Å². The first-order chi connectivity index (χ1) is 12.9. The first-order valence-electron chi connectivity index (χ1n) is 9.38. The van der Waals surface area contributed by atoms with Gasteiger partial charge in [-0.15, -0.1) is 11.8 Å². The molecule has 0 bridgehead atoms. The van der Waals surface area contributed by atoms with E-state index in [1.54, 1.807) is 0 Å². The van der Waals surface area contributed by atoms with Gasteiger partial charge in [0.05, 0.1) is 13.2 Å². The zero-order valence-corrected chi connectivity index (χ0v) is 16.6. The van der Waals surface area contributed by atoms with Gasteiger partial charge in [-0.05, 0) is 25.8 Å². The number of benzene rings is 1. The number of ether oxygens (including phenoxy) is 3. The Balaban J connectivity index is 2.04. The fourth-order valence-electron chi connectivity index (χ4n) is 2.91. The van der Waals surface area contributed by atoms with E-state index in [4.69, 9.17) is 14.2 Å². The zero-order valence-electron chi connectivity index (χ0n) is 16.6. The number of aliphatic hydroxyl groups is 1. The van der Waals surface area contributed by atoms with E-state index in [9.17, 15) is 5.11 Å². The van der Waals surface area contributed by atoms with E-state index in [-0.39, 0.29) is 0 Å². The highest BCUT2D eigenvalue weighted by Gasteiger charge is 2.41. The van der Waals surface area contributed by atoms with Crippen LogP contribution in [-0.4, -0.2) is 30.2 Å². The topological polar surface area (TPSA) is 47.9 Å². The molecular weight excluding hydrogens is 340 g/mol.